The number of benzene rings is 3. The van der Waals surface area contributed by atoms with Crippen LogP contribution in [0.2, 0.25) is 0 Å². The van der Waals surface area contributed by atoms with Crippen molar-refractivity contribution in [3.05, 3.63) is 84.6 Å². The first-order valence-electron chi connectivity index (χ1n) is 12.1. The Hall–Kier alpha value is -4.06. The first-order chi connectivity index (χ1) is 17.1. The van der Waals surface area contributed by atoms with E-state index in [1.165, 1.54) is 0 Å². The summed E-state index contributed by atoms with van der Waals surface area (Å²) in [7, 11) is 0. The fourth-order valence-corrected chi connectivity index (χ4v) is 3.83. The highest BCUT2D eigenvalue weighted by Crippen LogP contribution is 2.32. The minimum Gasteiger partial charge on any atom is -0.420 e. The highest BCUT2D eigenvalue weighted by atomic mass is 16.4. The van der Waals surface area contributed by atoms with Crippen molar-refractivity contribution in [3.8, 4) is 45.2 Å². The summed E-state index contributed by atoms with van der Waals surface area (Å²) < 4.78 is 11.9. The van der Waals surface area contributed by atoms with Crippen molar-refractivity contribution in [2.75, 3.05) is 0 Å². The average molecular weight is 479 g/mol. The van der Waals surface area contributed by atoms with Crippen LogP contribution in [0, 0.1) is 0 Å². The van der Waals surface area contributed by atoms with Gasteiger partial charge in [-0.15, -0.1) is 20.4 Å². The normalized spacial score (nSPS) is 12.2. The van der Waals surface area contributed by atoms with Gasteiger partial charge in [0.25, 0.3) is 0 Å². The third-order valence-electron chi connectivity index (χ3n) is 5.88. The predicted molar refractivity (Wildman–Crippen MR) is 141 cm³/mol. The highest BCUT2D eigenvalue weighted by molar-refractivity contribution is 5.77. The molecule has 0 aliphatic carbocycles. The minimum absolute atomic E-state index is 0.193. The van der Waals surface area contributed by atoms with Crippen LogP contribution in [-0.4, -0.2) is 20.4 Å². The lowest BCUT2D eigenvalue weighted by Gasteiger charge is -2.11. The minimum atomic E-state index is -0.193. The molecule has 5 aromatic rings. The average Bonchev–Trinajstić information content (AvgIpc) is 3.55. The molecule has 0 unspecified atom stereocenters. The van der Waals surface area contributed by atoms with Gasteiger partial charge in [0.15, 0.2) is 0 Å². The van der Waals surface area contributed by atoms with E-state index in [2.05, 4.69) is 110 Å². The van der Waals surface area contributed by atoms with Gasteiger partial charge in [0.1, 0.15) is 0 Å². The third kappa shape index (κ3) is 4.85. The molecule has 0 fully saturated rings. The van der Waals surface area contributed by atoms with E-state index in [-0.39, 0.29) is 10.8 Å². The van der Waals surface area contributed by atoms with Gasteiger partial charge in [-0.25, -0.2) is 0 Å². The molecule has 0 N–H and O–H groups in total. The maximum atomic E-state index is 5.95. The number of nitrogens with zero attached hydrogens (tertiary/aromatic N) is 4. The molecule has 2 aromatic heterocycles. The summed E-state index contributed by atoms with van der Waals surface area (Å²) in [5.74, 6) is 2.31. The number of hydrogen-bond acceptors (Lipinski definition) is 6. The molecule has 0 saturated heterocycles. The van der Waals surface area contributed by atoms with Crippen LogP contribution < -0.4 is 0 Å². The van der Waals surface area contributed by atoms with Crippen molar-refractivity contribution in [1.82, 2.24) is 20.4 Å². The van der Waals surface area contributed by atoms with Crippen molar-refractivity contribution < 1.29 is 8.83 Å². The van der Waals surface area contributed by atoms with E-state index in [4.69, 9.17) is 8.83 Å². The molecular formula is C30H30N4O2. The van der Waals surface area contributed by atoms with Crippen LogP contribution in [0.5, 0.6) is 0 Å². The van der Waals surface area contributed by atoms with Gasteiger partial charge in [-0.2, -0.15) is 0 Å². The van der Waals surface area contributed by atoms with E-state index in [1.807, 2.05) is 24.3 Å². The Morgan fingerprint density at radius 1 is 0.444 bits per heavy atom. The largest absolute Gasteiger partial charge is 0.420 e. The smallest absolute Gasteiger partial charge is 0.247 e. The zero-order chi connectivity index (χ0) is 25.5. The van der Waals surface area contributed by atoms with Crippen LogP contribution in [0.15, 0.2) is 81.6 Å². The van der Waals surface area contributed by atoms with E-state index in [9.17, 15) is 0 Å². The monoisotopic (exact) mass is 478 g/mol. The molecule has 0 saturated carbocycles. The summed E-state index contributed by atoms with van der Waals surface area (Å²) in [6.07, 6.45) is 0. The molecule has 182 valence electrons. The second-order valence-electron chi connectivity index (χ2n) is 11.1. The Bertz CT molecular complexity index is 1410. The summed E-state index contributed by atoms with van der Waals surface area (Å²) in [5.41, 5.74) is 5.76. The maximum Gasteiger partial charge on any atom is 0.247 e. The molecule has 3 aromatic carbocycles. The maximum absolute atomic E-state index is 5.95. The molecule has 0 radical (unpaired) electrons. The van der Waals surface area contributed by atoms with Crippen molar-refractivity contribution in [2.24, 2.45) is 0 Å². The van der Waals surface area contributed by atoms with Crippen LogP contribution in [0.4, 0.5) is 0 Å². The summed E-state index contributed by atoms with van der Waals surface area (Å²) in [4.78, 5) is 0. The fraction of sp³-hybridized carbons (Fsp3) is 0.267. The van der Waals surface area contributed by atoms with Crippen LogP contribution in [0.1, 0.15) is 53.3 Å². The Morgan fingerprint density at radius 2 is 0.750 bits per heavy atom. The van der Waals surface area contributed by atoms with Gasteiger partial charge in [-0.1, -0.05) is 84.0 Å². The zero-order valence-electron chi connectivity index (χ0n) is 21.5. The molecule has 5 rings (SSSR count). The van der Waals surface area contributed by atoms with Crippen LogP contribution >= 0.6 is 0 Å². The van der Waals surface area contributed by atoms with Crippen LogP contribution in [-0.2, 0) is 10.8 Å². The Balaban J connectivity index is 1.46. The van der Waals surface area contributed by atoms with Crippen LogP contribution in [0.25, 0.3) is 45.2 Å². The van der Waals surface area contributed by atoms with Gasteiger partial charge in [0, 0.05) is 22.0 Å². The van der Waals surface area contributed by atoms with E-state index in [1.54, 1.807) is 0 Å². The van der Waals surface area contributed by atoms with Gasteiger partial charge < -0.3 is 8.83 Å². The molecule has 0 aliphatic rings. The highest BCUT2D eigenvalue weighted by Gasteiger charge is 2.23. The van der Waals surface area contributed by atoms with Gasteiger partial charge in [-0.05, 0) is 52.6 Å². The quantitative estimate of drug-likeness (QED) is 0.263. The van der Waals surface area contributed by atoms with Crippen LogP contribution in [0.3, 0.4) is 0 Å². The van der Waals surface area contributed by atoms with Crippen molar-refractivity contribution in [2.45, 2.75) is 52.4 Å². The molecule has 0 spiro atoms. The number of hydrogen-bond donors (Lipinski definition) is 0. The molecule has 0 atom stereocenters. The van der Waals surface area contributed by atoms with E-state index in [0.717, 1.165) is 33.4 Å². The van der Waals surface area contributed by atoms with Crippen molar-refractivity contribution in [3.63, 3.8) is 0 Å². The standard InChI is InChI=1S/C30H30N4O2/c1-29(2,3)27-33-31-25(35-27)23-14-8-12-21(17-23)19-10-7-11-20(16-19)22-13-9-15-24(18-22)26-32-34-28(36-26)30(4,5)6/h7-18H,1-6H3. The zero-order valence-corrected chi connectivity index (χ0v) is 21.5. The Kier molecular flexibility index (Phi) is 5.83. The molecule has 0 bridgehead atoms. The molecule has 0 amide bonds. The second-order valence-corrected chi connectivity index (χ2v) is 11.1. The molecule has 2 heterocycles. The van der Waals surface area contributed by atoms with Gasteiger partial charge in [0.2, 0.25) is 23.6 Å². The summed E-state index contributed by atoms with van der Waals surface area (Å²) >= 11 is 0. The first kappa shape index (κ1) is 23.7. The second kappa shape index (κ2) is 8.86. The molecule has 6 nitrogen and oxygen atoms in total. The van der Waals surface area contributed by atoms with Crippen molar-refractivity contribution in [1.29, 1.82) is 0 Å². The Labute approximate surface area is 211 Å². The third-order valence-corrected chi connectivity index (χ3v) is 5.88. The Morgan fingerprint density at radius 3 is 1.06 bits per heavy atom. The fourth-order valence-electron chi connectivity index (χ4n) is 3.83. The van der Waals surface area contributed by atoms with E-state index < -0.39 is 0 Å². The van der Waals surface area contributed by atoms with Gasteiger partial charge in [-0.3, -0.25) is 0 Å². The number of rotatable bonds is 4. The summed E-state index contributed by atoms with van der Waals surface area (Å²) in [5, 5.41) is 17.0. The van der Waals surface area contributed by atoms with Crippen molar-refractivity contribution >= 4 is 0 Å². The SMILES string of the molecule is CC(C)(C)c1nnc(-c2cccc(-c3cccc(-c4cccc(-c5nnc(C(C)(C)C)o5)c4)c3)c2)o1. The lowest BCUT2D eigenvalue weighted by molar-refractivity contribution is 0.399. The van der Waals surface area contributed by atoms with E-state index in [0.29, 0.717) is 23.6 Å². The molecule has 36 heavy (non-hydrogen) atoms. The predicted octanol–water partition coefficient (Wildman–Crippen LogP) is 7.72. The topological polar surface area (TPSA) is 77.8 Å². The first-order valence-corrected chi connectivity index (χ1v) is 12.1. The summed E-state index contributed by atoms with van der Waals surface area (Å²) in [6.45, 7) is 12.4. The molecule has 0 aliphatic heterocycles. The molecule has 6 heteroatoms. The van der Waals surface area contributed by atoms with Gasteiger partial charge >= 0.3 is 0 Å². The van der Waals surface area contributed by atoms with E-state index >= 15 is 0 Å². The lowest BCUT2D eigenvalue weighted by atomic mass is 9.97. The number of aromatic nitrogens is 4. The lowest BCUT2D eigenvalue weighted by Crippen LogP contribution is -2.11. The summed E-state index contributed by atoms with van der Waals surface area (Å²) in [6, 6.07) is 24.8. The van der Waals surface area contributed by atoms with Gasteiger partial charge in [0.05, 0.1) is 0 Å². The molecular weight excluding hydrogens is 448 g/mol.